The number of nitrogens with two attached hydrogens (primary N) is 1. The first-order chi connectivity index (χ1) is 9.64. The third-order valence-corrected chi connectivity index (χ3v) is 4.61. The number of rotatable bonds is 5. The predicted molar refractivity (Wildman–Crippen MR) is 83.2 cm³/mol. The fraction of sp³-hybridized carbons (Fsp3) is 0.688. The molecule has 0 spiro atoms. The second-order valence-electron chi connectivity index (χ2n) is 6.30. The van der Waals surface area contributed by atoms with Crippen LogP contribution in [0.15, 0.2) is 24.4 Å². The summed E-state index contributed by atoms with van der Waals surface area (Å²) in [5, 5.41) is 0. The summed E-state index contributed by atoms with van der Waals surface area (Å²) in [7, 11) is 0. The van der Waals surface area contributed by atoms with Gasteiger partial charge in [-0.1, -0.05) is 18.9 Å². The Morgan fingerprint density at radius 2 is 1.95 bits per heavy atom. The molecule has 1 aromatic rings. The smallest absolute Gasteiger partial charge is 0.0444 e. The number of hydrogen-bond donors (Lipinski definition) is 2. The van der Waals surface area contributed by atoms with Gasteiger partial charge in [0.15, 0.2) is 0 Å². The minimum atomic E-state index is 0.0383. The molecule has 3 N–H and O–H groups in total. The highest BCUT2D eigenvalue weighted by Crippen LogP contribution is 2.24. The van der Waals surface area contributed by atoms with Crippen LogP contribution in [0.2, 0.25) is 0 Å². The average Bonchev–Trinajstić information content (AvgIpc) is 2.75. The lowest BCUT2D eigenvalue weighted by molar-refractivity contribution is 0.0831. The Labute approximate surface area is 122 Å². The van der Waals surface area contributed by atoms with Gasteiger partial charge in [-0.15, -0.1) is 0 Å². The van der Waals surface area contributed by atoms with E-state index in [0.29, 0.717) is 0 Å². The number of aromatic nitrogens is 1. The van der Waals surface area contributed by atoms with Gasteiger partial charge in [0, 0.05) is 29.9 Å². The van der Waals surface area contributed by atoms with Crippen LogP contribution >= 0.6 is 0 Å². The first-order valence-corrected chi connectivity index (χ1v) is 7.75. The van der Waals surface area contributed by atoms with Crippen molar-refractivity contribution in [1.29, 1.82) is 0 Å². The zero-order valence-corrected chi connectivity index (χ0v) is 12.8. The molecule has 2 rings (SSSR count). The molecule has 1 atom stereocenters. The summed E-state index contributed by atoms with van der Waals surface area (Å²) in [5.74, 6) is 5.85. The van der Waals surface area contributed by atoms with Crippen LogP contribution in [0.25, 0.3) is 0 Å². The van der Waals surface area contributed by atoms with Gasteiger partial charge in [0.2, 0.25) is 0 Å². The van der Waals surface area contributed by atoms with E-state index in [2.05, 4.69) is 35.2 Å². The number of hydrogen-bond acceptors (Lipinski definition) is 4. The van der Waals surface area contributed by atoms with E-state index >= 15 is 0 Å². The third kappa shape index (κ3) is 3.78. The molecule has 4 nitrogen and oxygen atoms in total. The van der Waals surface area contributed by atoms with E-state index in [-0.39, 0.29) is 11.6 Å². The summed E-state index contributed by atoms with van der Waals surface area (Å²) >= 11 is 0. The van der Waals surface area contributed by atoms with Gasteiger partial charge in [0.25, 0.3) is 0 Å². The van der Waals surface area contributed by atoms with Crippen molar-refractivity contribution in [3.8, 4) is 0 Å². The lowest BCUT2D eigenvalue weighted by Crippen LogP contribution is -2.60. The van der Waals surface area contributed by atoms with Gasteiger partial charge in [-0.25, -0.2) is 0 Å². The molecule has 0 bridgehead atoms. The number of nitrogens with one attached hydrogen (secondary N) is 1. The second kappa shape index (κ2) is 7.16. The van der Waals surface area contributed by atoms with Crippen LogP contribution in [0.1, 0.15) is 45.2 Å². The normalized spacial score (nSPS) is 19.6. The molecule has 1 aliphatic heterocycles. The highest BCUT2D eigenvalue weighted by Gasteiger charge is 2.35. The zero-order valence-electron chi connectivity index (χ0n) is 12.8. The van der Waals surface area contributed by atoms with Gasteiger partial charge in [0.1, 0.15) is 0 Å². The maximum absolute atomic E-state index is 5.85. The minimum Gasteiger partial charge on any atom is -0.297 e. The summed E-state index contributed by atoms with van der Waals surface area (Å²) in [6, 6.07) is 6.27. The fourth-order valence-electron chi connectivity index (χ4n) is 3.11. The van der Waals surface area contributed by atoms with E-state index in [4.69, 9.17) is 5.84 Å². The number of hydrazine groups is 1. The van der Waals surface area contributed by atoms with Gasteiger partial charge in [0.05, 0.1) is 0 Å². The summed E-state index contributed by atoms with van der Waals surface area (Å²) in [5.41, 5.74) is 4.16. The monoisotopic (exact) mass is 276 g/mol. The number of pyridine rings is 1. The van der Waals surface area contributed by atoms with Crippen molar-refractivity contribution in [1.82, 2.24) is 15.3 Å². The molecule has 1 saturated heterocycles. The molecule has 0 aromatic carbocycles. The van der Waals surface area contributed by atoms with E-state index in [1.165, 1.54) is 38.8 Å². The largest absolute Gasteiger partial charge is 0.297 e. The lowest BCUT2D eigenvalue weighted by atomic mass is 9.89. The first kappa shape index (κ1) is 15.4. The Morgan fingerprint density at radius 1 is 1.25 bits per heavy atom. The topological polar surface area (TPSA) is 54.2 Å². The van der Waals surface area contributed by atoms with Gasteiger partial charge in [-0.3, -0.25) is 21.2 Å². The van der Waals surface area contributed by atoms with Crippen LogP contribution in [0.5, 0.6) is 0 Å². The lowest BCUT2D eigenvalue weighted by Gasteiger charge is -2.43. The van der Waals surface area contributed by atoms with E-state index in [1.54, 1.807) is 0 Å². The summed E-state index contributed by atoms with van der Waals surface area (Å²) < 4.78 is 0. The first-order valence-electron chi connectivity index (χ1n) is 7.75. The molecule has 1 fully saturated rings. The van der Waals surface area contributed by atoms with Crippen LogP contribution < -0.4 is 11.3 Å². The van der Waals surface area contributed by atoms with E-state index in [1.807, 2.05) is 18.3 Å². The Bertz CT molecular complexity index is 383. The Balaban J connectivity index is 2.07. The third-order valence-electron chi connectivity index (χ3n) is 4.61. The van der Waals surface area contributed by atoms with Crippen molar-refractivity contribution >= 4 is 0 Å². The molecule has 0 aliphatic carbocycles. The Morgan fingerprint density at radius 3 is 2.50 bits per heavy atom. The molecule has 20 heavy (non-hydrogen) atoms. The van der Waals surface area contributed by atoms with E-state index in [0.717, 1.165) is 12.1 Å². The highest BCUT2D eigenvalue weighted by atomic mass is 15.3. The molecule has 1 aromatic heterocycles. The van der Waals surface area contributed by atoms with Crippen molar-refractivity contribution in [2.24, 2.45) is 5.84 Å². The highest BCUT2D eigenvalue weighted by molar-refractivity contribution is 5.08. The molecule has 0 saturated carbocycles. The predicted octanol–water partition coefficient (Wildman–Crippen LogP) is 2.11. The van der Waals surface area contributed by atoms with Gasteiger partial charge in [-0.2, -0.15) is 0 Å². The van der Waals surface area contributed by atoms with Crippen LogP contribution in [0, 0.1) is 0 Å². The Hall–Kier alpha value is -0.970. The maximum Gasteiger partial charge on any atom is 0.0444 e. The van der Waals surface area contributed by atoms with E-state index in [9.17, 15) is 0 Å². The van der Waals surface area contributed by atoms with Crippen molar-refractivity contribution < 1.29 is 0 Å². The van der Waals surface area contributed by atoms with Crippen molar-refractivity contribution in [2.75, 3.05) is 13.1 Å². The zero-order chi connectivity index (χ0) is 14.4. The molecule has 2 heterocycles. The summed E-state index contributed by atoms with van der Waals surface area (Å²) in [6.07, 6.45) is 8.01. The van der Waals surface area contributed by atoms with Crippen LogP contribution in [0.4, 0.5) is 0 Å². The van der Waals surface area contributed by atoms with Gasteiger partial charge < -0.3 is 0 Å². The van der Waals surface area contributed by atoms with Gasteiger partial charge in [-0.05, 0) is 51.9 Å². The molecule has 0 radical (unpaired) electrons. The SMILES string of the molecule is CC(C)(C(Cc1ccccn1)NN)N1CCCCCC1. The number of nitrogens with zero attached hydrogens (tertiary/aromatic N) is 2. The van der Waals surface area contributed by atoms with Crippen molar-refractivity contribution in [3.05, 3.63) is 30.1 Å². The molecule has 1 unspecified atom stereocenters. The quantitative estimate of drug-likeness (QED) is 0.639. The number of likely N-dealkylation sites (tertiary alicyclic amines) is 1. The van der Waals surface area contributed by atoms with E-state index < -0.39 is 0 Å². The standard InChI is InChI=1S/C16H28N4/c1-16(2,20-11-7-3-4-8-12-20)15(19-17)13-14-9-5-6-10-18-14/h5-6,9-10,15,19H,3-4,7-8,11-13,17H2,1-2H3. The minimum absolute atomic E-state index is 0.0383. The Kier molecular flexibility index (Phi) is 5.52. The van der Waals surface area contributed by atoms with Crippen LogP contribution in [-0.2, 0) is 6.42 Å². The fourth-order valence-corrected chi connectivity index (χ4v) is 3.11. The van der Waals surface area contributed by atoms with Crippen LogP contribution in [-0.4, -0.2) is 34.6 Å². The van der Waals surface area contributed by atoms with Crippen molar-refractivity contribution in [3.63, 3.8) is 0 Å². The molecule has 112 valence electrons. The second-order valence-corrected chi connectivity index (χ2v) is 6.30. The summed E-state index contributed by atoms with van der Waals surface area (Å²) in [6.45, 7) is 6.94. The molecule has 0 amide bonds. The van der Waals surface area contributed by atoms with Crippen molar-refractivity contribution in [2.45, 2.75) is 57.5 Å². The molecule has 4 heteroatoms. The molecular weight excluding hydrogens is 248 g/mol. The average molecular weight is 276 g/mol. The molecular formula is C16H28N4. The van der Waals surface area contributed by atoms with Gasteiger partial charge >= 0.3 is 0 Å². The van der Waals surface area contributed by atoms with Crippen LogP contribution in [0.3, 0.4) is 0 Å². The summed E-state index contributed by atoms with van der Waals surface area (Å²) in [4.78, 5) is 7.02. The maximum atomic E-state index is 5.85. The molecule has 1 aliphatic rings.